The van der Waals surface area contributed by atoms with Crippen molar-refractivity contribution in [2.45, 2.75) is 6.92 Å². The smallest absolute Gasteiger partial charge is 0.0991 e. The third-order valence-electron chi connectivity index (χ3n) is 4.39. The Kier molecular flexibility index (Phi) is 3.76. The van der Waals surface area contributed by atoms with Gasteiger partial charge in [-0.05, 0) is 42.3 Å². The molecule has 0 aliphatic carbocycles. The van der Waals surface area contributed by atoms with Crippen LogP contribution in [0.5, 0.6) is 0 Å². The zero-order valence-corrected chi connectivity index (χ0v) is 13.9. The number of para-hydroxylation sites is 1. The van der Waals surface area contributed by atoms with Crippen LogP contribution < -0.4 is 0 Å². The number of benzene rings is 3. The van der Waals surface area contributed by atoms with Crippen LogP contribution in [0.2, 0.25) is 0 Å². The zero-order valence-electron chi connectivity index (χ0n) is 13.9. The van der Waals surface area contributed by atoms with Crippen molar-refractivity contribution < 1.29 is 0 Å². The Bertz CT molecular complexity index is 1090. The van der Waals surface area contributed by atoms with Gasteiger partial charge in [-0.15, -0.1) is 0 Å². The molecule has 0 radical (unpaired) electrons. The summed E-state index contributed by atoms with van der Waals surface area (Å²) in [6.07, 6.45) is 0. The lowest BCUT2D eigenvalue weighted by Crippen LogP contribution is -1.90. The molecule has 0 aliphatic rings. The van der Waals surface area contributed by atoms with Gasteiger partial charge < -0.3 is 0 Å². The maximum atomic E-state index is 8.99. The quantitative estimate of drug-likeness (QED) is 0.471. The minimum atomic E-state index is 0.656. The van der Waals surface area contributed by atoms with Gasteiger partial charge in [-0.25, -0.2) is 4.98 Å². The van der Waals surface area contributed by atoms with Crippen LogP contribution in [0, 0.1) is 18.3 Å². The van der Waals surface area contributed by atoms with Gasteiger partial charge in [0.15, 0.2) is 0 Å². The predicted octanol–water partition coefficient (Wildman–Crippen LogP) is 5.75. The second kappa shape index (κ2) is 6.22. The van der Waals surface area contributed by atoms with E-state index in [1.54, 1.807) is 0 Å². The van der Waals surface area contributed by atoms with E-state index in [-0.39, 0.29) is 0 Å². The zero-order chi connectivity index (χ0) is 17.2. The molecule has 3 aromatic carbocycles. The highest BCUT2D eigenvalue weighted by Gasteiger charge is 2.09. The lowest BCUT2D eigenvalue weighted by Gasteiger charge is -2.11. The predicted molar refractivity (Wildman–Crippen MR) is 102 cm³/mol. The van der Waals surface area contributed by atoms with Crippen LogP contribution in [0.3, 0.4) is 0 Å². The summed E-state index contributed by atoms with van der Waals surface area (Å²) in [7, 11) is 0. The van der Waals surface area contributed by atoms with E-state index >= 15 is 0 Å². The van der Waals surface area contributed by atoms with E-state index in [1.807, 2.05) is 42.5 Å². The molecule has 0 unspecified atom stereocenters. The lowest BCUT2D eigenvalue weighted by atomic mass is 9.97. The van der Waals surface area contributed by atoms with Crippen molar-refractivity contribution in [3.63, 3.8) is 0 Å². The first-order valence-electron chi connectivity index (χ1n) is 8.22. The number of pyridine rings is 1. The highest BCUT2D eigenvalue weighted by molar-refractivity contribution is 5.96. The Morgan fingerprint density at radius 2 is 1.48 bits per heavy atom. The van der Waals surface area contributed by atoms with Crippen molar-refractivity contribution in [1.29, 1.82) is 5.26 Å². The number of aryl methyl sites for hydroxylation is 1. The fraction of sp³-hybridized carbons (Fsp3) is 0.0435. The summed E-state index contributed by atoms with van der Waals surface area (Å²) >= 11 is 0. The van der Waals surface area contributed by atoms with Crippen LogP contribution in [-0.4, -0.2) is 4.98 Å². The lowest BCUT2D eigenvalue weighted by molar-refractivity contribution is 1.39. The van der Waals surface area contributed by atoms with Crippen molar-refractivity contribution in [2.24, 2.45) is 0 Å². The fourth-order valence-electron chi connectivity index (χ4n) is 3.01. The number of nitrogens with zero attached hydrogens (tertiary/aromatic N) is 2. The number of aromatic nitrogens is 1. The summed E-state index contributed by atoms with van der Waals surface area (Å²) in [5, 5.41) is 10.1. The fourth-order valence-corrected chi connectivity index (χ4v) is 3.01. The van der Waals surface area contributed by atoms with E-state index in [0.29, 0.717) is 5.56 Å². The maximum absolute atomic E-state index is 8.99. The van der Waals surface area contributed by atoms with Crippen molar-refractivity contribution in [2.75, 3.05) is 0 Å². The normalized spacial score (nSPS) is 10.6. The van der Waals surface area contributed by atoms with Crippen LogP contribution >= 0.6 is 0 Å². The summed E-state index contributed by atoms with van der Waals surface area (Å²) in [5.74, 6) is 0. The van der Waals surface area contributed by atoms with Crippen LogP contribution in [0.25, 0.3) is 33.3 Å². The summed E-state index contributed by atoms with van der Waals surface area (Å²) in [6, 6.07) is 28.6. The molecule has 1 heterocycles. The molecule has 2 nitrogen and oxygen atoms in total. The Balaban J connectivity index is 1.94. The van der Waals surface area contributed by atoms with Crippen LogP contribution in [0.15, 0.2) is 78.9 Å². The molecule has 0 fully saturated rings. The van der Waals surface area contributed by atoms with Gasteiger partial charge in [-0.2, -0.15) is 5.26 Å². The SMILES string of the molecule is Cc1ccc(-c2cc(-c3ccc(C#N)cc3)nc3ccccc23)cc1. The molecular formula is C23H16N2. The number of rotatable bonds is 2. The van der Waals surface area contributed by atoms with E-state index < -0.39 is 0 Å². The van der Waals surface area contributed by atoms with Crippen LogP contribution in [-0.2, 0) is 0 Å². The van der Waals surface area contributed by atoms with Gasteiger partial charge in [-0.3, -0.25) is 0 Å². The second-order valence-corrected chi connectivity index (χ2v) is 6.13. The first kappa shape index (κ1) is 15.1. The molecule has 0 atom stereocenters. The second-order valence-electron chi connectivity index (χ2n) is 6.13. The van der Waals surface area contributed by atoms with E-state index in [1.165, 1.54) is 16.7 Å². The van der Waals surface area contributed by atoms with Gasteiger partial charge in [0.25, 0.3) is 0 Å². The largest absolute Gasteiger partial charge is 0.248 e. The van der Waals surface area contributed by atoms with Crippen molar-refractivity contribution in [3.05, 3.63) is 90.0 Å². The van der Waals surface area contributed by atoms with Gasteiger partial charge >= 0.3 is 0 Å². The highest BCUT2D eigenvalue weighted by Crippen LogP contribution is 2.32. The van der Waals surface area contributed by atoms with Crippen molar-refractivity contribution in [1.82, 2.24) is 4.98 Å². The average molecular weight is 320 g/mol. The third kappa shape index (κ3) is 2.88. The monoisotopic (exact) mass is 320 g/mol. The highest BCUT2D eigenvalue weighted by atomic mass is 14.7. The van der Waals surface area contributed by atoms with Gasteiger partial charge in [0.1, 0.15) is 0 Å². The first-order chi connectivity index (χ1) is 12.2. The van der Waals surface area contributed by atoms with Gasteiger partial charge in [-0.1, -0.05) is 60.2 Å². The summed E-state index contributed by atoms with van der Waals surface area (Å²) < 4.78 is 0. The number of fused-ring (bicyclic) bond motifs is 1. The summed E-state index contributed by atoms with van der Waals surface area (Å²) in [6.45, 7) is 2.09. The Morgan fingerprint density at radius 1 is 0.800 bits per heavy atom. The molecule has 4 rings (SSSR count). The minimum absolute atomic E-state index is 0.656. The number of hydrogen-bond donors (Lipinski definition) is 0. The molecule has 1 aromatic heterocycles. The van der Waals surface area contributed by atoms with Gasteiger partial charge in [0, 0.05) is 10.9 Å². The minimum Gasteiger partial charge on any atom is -0.248 e. The molecule has 0 aliphatic heterocycles. The number of nitriles is 1. The molecule has 118 valence electrons. The van der Waals surface area contributed by atoms with Crippen molar-refractivity contribution >= 4 is 10.9 Å². The Morgan fingerprint density at radius 3 is 2.20 bits per heavy atom. The molecule has 0 bridgehead atoms. The third-order valence-corrected chi connectivity index (χ3v) is 4.39. The molecule has 0 amide bonds. The Labute approximate surface area is 147 Å². The molecule has 0 saturated heterocycles. The Hall–Kier alpha value is -3.44. The molecule has 0 spiro atoms. The topological polar surface area (TPSA) is 36.7 Å². The molecule has 0 saturated carbocycles. The van der Waals surface area contributed by atoms with Gasteiger partial charge in [0.05, 0.1) is 22.8 Å². The summed E-state index contributed by atoms with van der Waals surface area (Å²) in [4.78, 5) is 4.82. The van der Waals surface area contributed by atoms with Crippen LogP contribution in [0.4, 0.5) is 0 Å². The van der Waals surface area contributed by atoms with E-state index in [4.69, 9.17) is 10.2 Å². The van der Waals surface area contributed by atoms with Crippen molar-refractivity contribution in [3.8, 4) is 28.5 Å². The molecular weight excluding hydrogens is 304 g/mol. The van der Waals surface area contributed by atoms with E-state index in [9.17, 15) is 0 Å². The van der Waals surface area contributed by atoms with E-state index in [0.717, 1.165) is 22.2 Å². The molecule has 4 aromatic rings. The van der Waals surface area contributed by atoms with E-state index in [2.05, 4.69) is 49.4 Å². The molecule has 2 heteroatoms. The van der Waals surface area contributed by atoms with Gasteiger partial charge in [0.2, 0.25) is 0 Å². The first-order valence-corrected chi connectivity index (χ1v) is 8.22. The molecule has 25 heavy (non-hydrogen) atoms. The molecule has 0 N–H and O–H groups in total. The maximum Gasteiger partial charge on any atom is 0.0991 e. The summed E-state index contributed by atoms with van der Waals surface area (Å²) in [5.41, 5.74) is 7.15. The van der Waals surface area contributed by atoms with Crippen LogP contribution in [0.1, 0.15) is 11.1 Å². The number of hydrogen-bond acceptors (Lipinski definition) is 2. The standard InChI is InChI=1S/C23H16N2/c1-16-6-10-18(11-7-16)21-14-23(19-12-8-17(15-24)9-13-19)25-22-5-3-2-4-20(21)22/h2-14H,1H3. The average Bonchev–Trinajstić information content (AvgIpc) is 2.68.